The minimum Gasteiger partial charge on any atom is -0.462 e. The van der Waals surface area contributed by atoms with Gasteiger partial charge in [-0.25, -0.2) is 9.13 Å². The van der Waals surface area contributed by atoms with Crippen LogP contribution in [0.4, 0.5) is 0 Å². The summed E-state index contributed by atoms with van der Waals surface area (Å²) in [5.74, 6) is -1.37. The highest BCUT2D eigenvalue weighted by atomic mass is 31.2. The molecule has 0 saturated carbocycles. The van der Waals surface area contributed by atoms with Gasteiger partial charge in [0.2, 0.25) is 0 Å². The normalized spacial score (nSPS) is 14.1. The summed E-state index contributed by atoms with van der Waals surface area (Å²) in [5, 5.41) is 10.6. The zero-order valence-electron chi connectivity index (χ0n) is 56.9. The number of carbonyl (C=O) groups excluding carboxylic acids is 4. The van der Waals surface area contributed by atoms with Crippen molar-refractivity contribution >= 4 is 39.5 Å². The Morgan fingerprint density at radius 1 is 0.307 bits per heavy atom. The maximum Gasteiger partial charge on any atom is 0.472 e. The highest BCUT2D eigenvalue weighted by Crippen LogP contribution is 2.45. The second-order valence-electron chi connectivity index (χ2n) is 25.4. The highest BCUT2D eigenvalue weighted by Gasteiger charge is 2.30. The number of hydrogen-bond acceptors (Lipinski definition) is 15. The molecule has 0 rings (SSSR count). The molecule has 2 unspecified atom stereocenters. The van der Waals surface area contributed by atoms with E-state index in [2.05, 4.69) is 34.6 Å². The fourth-order valence-electron chi connectivity index (χ4n) is 10.5. The zero-order chi connectivity index (χ0) is 64.9. The second-order valence-corrected chi connectivity index (χ2v) is 28.3. The molecular weight excluding hydrogens is 1160 g/mol. The zero-order valence-corrected chi connectivity index (χ0v) is 58.6. The molecule has 0 bridgehead atoms. The smallest absolute Gasteiger partial charge is 0.462 e. The molecule has 0 fully saturated rings. The summed E-state index contributed by atoms with van der Waals surface area (Å²) in [6, 6.07) is 0. The minimum atomic E-state index is -4.95. The van der Waals surface area contributed by atoms with E-state index in [1.807, 2.05) is 0 Å². The average Bonchev–Trinajstić information content (AvgIpc) is 3.67. The molecule has 0 aromatic heterocycles. The molecule has 0 aliphatic carbocycles. The van der Waals surface area contributed by atoms with Gasteiger partial charge in [0.15, 0.2) is 12.2 Å². The molecule has 5 atom stereocenters. The predicted octanol–water partition coefficient (Wildman–Crippen LogP) is 19.7. The van der Waals surface area contributed by atoms with E-state index >= 15 is 0 Å². The number of aliphatic hydroxyl groups is 1. The van der Waals surface area contributed by atoms with Crippen LogP contribution in [0.25, 0.3) is 0 Å². The van der Waals surface area contributed by atoms with Gasteiger partial charge >= 0.3 is 39.5 Å². The molecule has 0 amide bonds. The lowest BCUT2D eigenvalue weighted by molar-refractivity contribution is -0.161. The Kier molecular flexibility index (Phi) is 61.1. The molecule has 0 aliphatic rings. The predicted molar refractivity (Wildman–Crippen MR) is 354 cm³/mol. The van der Waals surface area contributed by atoms with E-state index in [0.29, 0.717) is 25.7 Å². The first-order chi connectivity index (χ1) is 42.5. The van der Waals surface area contributed by atoms with Gasteiger partial charge in [-0.2, -0.15) is 0 Å². The van der Waals surface area contributed by atoms with E-state index in [0.717, 1.165) is 102 Å². The van der Waals surface area contributed by atoms with Crippen LogP contribution in [0.15, 0.2) is 0 Å². The molecule has 0 spiro atoms. The van der Waals surface area contributed by atoms with Crippen molar-refractivity contribution in [3.63, 3.8) is 0 Å². The molecule has 0 saturated heterocycles. The number of hydrogen-bond donors (Lipinski definition) is 3. The fraction of sp³-hybridized carbons (Fsp3) is 0.942. The summed E-state index contributed by atoms with van der Waals surface area (Å²) in [7, 11) is -9.89. The van der Waals surface area contributed by atoms with Gasteiger partial charge in [-0.15, -0.1) is 0 Å². The van der Waals surface area contributed by atoms with Crippen molar-refractivity contribution in [3.05, 3.63) is 0 Å². The molecule has 0 heterocycles. The lowest BCUT2D eigenvalue weighted by Gasteiger charge is -2.21. The number of carbonyl (C=O) groups is 4. The first-order valence-corrected chi connectivity index (χ1v) is 39.1. The van der Waals surface area contributed by atoms with Crippen molar-refractivity contribution in [3.8, 4) is 0 Å². The Morgan fingerprint density at radius 3 is 0.773 bits per heavy atom. The van der Waals surface area contributed by atoms with Gasteiger partial charge in [0.25, 0.3) is 0 Å². The largest absolute Gasteiger partial charge is 0.472 e. The van der Waals surface area contributed by atoms with Gasteiger partial charge in [0.05, 0.1) is 26.4 Å². The van der Waals surface area contributed by atoms with E-state index in [1.165, 1.54) is 173 Å². The molecule has 3 N–H and O–H groups in total. The third kappa shape index (κ3) is 62.8. The highest BCUT2D eigenvalue weighted by molar-refractivity contribution is 7.47. The topological polar surface area (TPSA) is 237 Å². The molecule has 0 aliphatic heterocycles. The van der Waals surface area contributed by atoms with E-state index in [-0.39, 0.29) is 25.7 Å². The average molecular weight is 1300 g/mol. The second kappa shape index (κ2) is 62.5. The molecule has 0 aromatic rings. The number of unbranched alkanes of at least 4 members (excludes halogenated alkanes) is 41. The number of aliphatic hydroxyl groups excluding tert-OH is 1. The third-order valence-electron chi connectivity index (χ3n) is 16.0. The van der Waals surface area contributed by atoms with Crippen molar-refractivity contribution in [1.29, 1.82) is 0 Å². The van der Waals surface area contributed by atoms with Crippen molar-refractivity contribution in [2.45, 2.75) is 374 Å². The van der Waals surface area contributed by atoms with Crippen LogP contribution in [-0.4, -0.2) is 96.7 Å². The molecular formula is C69H134O17P2. The number of rotatable bonds is 69. The molecule has 522 valence electrons. The minimum absolute atomic E-state index is 0.107. The molecule has 19 heteroatoms. The first-order valence-electron chi connectivity index (χ1n) is 36.1. The van der Waals surface area contributed by atoms with Gasteiger partial charge in [0, 0.05) is 25.7 Å². The summed E-state index contributed by atoms with van der Waals surface area (Å²) in [6.07, 6.45) is 48.5. The Bertz CT molecular complexity index is 1700. The van der Waals surface area contributed by atoms with Crippen molar-refractivity contribution in [1.82, 2.24) is 0 Å². The van der Waals surface area contributed by atoms with Gasteiger partial charge in [-0.3, -0.25) is 37.3 Å². The number of ether oxygens (including phenoxy) is 4. The van der Waals surface area contributed by atoms with Crippen LogP contribution >= 0.6 is 15.6 Å². The summed E-state index contributed by atoms with van der Waals surface area (Å²) >= 11 is 0. The van der Waals surface area contributed by atoms with Crippen LogP contribution in [0, 0.1) is 5.92 Å². The van der Waals surface area contributed by atoms with E-state index in [1.54, 1.807) is 0 Å². The van der Waals surface area contributed by atoms with Gasteiger partial charge in [-0.1, -0.05) is 304 Å². The van der Waals surface area contributed by atoms with Crippen molar-refractivity contribution in [2.24, 2.45) is 5.92 Å². The monoisotopic (exact) mass is 1300 g/mol. The standard InChI is InChI=1S/C69H134O17P2/c1-6-9-12-15-18-21-23-24-25-26-27-29-35-40-45-50-55-69(74)86-65(59-80-67(72)53-48-43-38-33-31-30-32-36-41-46-51-62(4)5)61-84-88(77,78)82-57-63(70)56-81-87(75,76)83-60-64(58-79-66(71)52-47-42-37-20-17-14-11-8-3)85-68(73)54-49-44-39-34-28-22-19-16-13-10-7-2/h62-65,70H,6-61H2,1-5H3,(H,75,76)(H,77,78)/t63-,64+,65+/m0/s1. The van der Waals surface area contributed by atoms with Gasteiger partial charge in [-0.05, 0) is 31.6 Å². The Labute approximate surface area is 537 Å². The number of esters is 4. The summed E-state index contributed by atoms with van der Waals surface area (Å²) in [5.41, 5.74) is 0. The molecule has 88 heavy (non-hydrogen) atoms. The van der Waals surface area contributed by atoms with E-state index < -0.39 is 97.5 Å². The molecule has 0 aromatic carbocycles. The lowest BCUT2D eigenvalue weighted by atomic mass is 10.0. The summed E-state index contributed by atoms with van der Waals surface area (Å²) in [4.78, 5) is 72.4. The van der Waals surface area contributed by atoms with E-state index in [9.17, 15) is 43.2 Å². The van der Waals surface area contributed by atoms with E-state index in [4.69, 9.17) is 37.0 Å². The van der Waals surface area contributed by atoms with Crippen LogP contribution in [0.2, 0.25) is 0 Å². The molecule has 0 radical (unpaired) electrons. The first kappa shape index (κ1) is 86.1. The summed E-state index contributed by atoms with van der Waals surface area (Å²) < 4.78 is 68.2. The Balaban J connectivity index is 5.22. The maximum atomic E-state index is 13.0. The van der Waals surface area contributed by atoms with Crippen LogP contribution in [-0.2, 0) is 65.4 Å². The number of phosphoric acid groups is 2. The SMILES string of the molecule is CCCCCCCCCCCCCCCCCCC(=O)O[C@H](COC(=O)CCCCCCCCCCCCC(C)C)COP(=O)(O)OC[C@@H](O)COP(=O)(O)OC[C@@H](COC(=O)CCCCCCCCCC)OC(=O)CCCCCCCCCCCCC. The Morgan fingerprint density at radius 2 is 0.523 bits per heavy atom. The summed E-state index contributed by atoms with van der Waals surface area (Å²) in [6.45, 7) is 7.21. The van der Waals surface area contributed by atoms with Gasteiger partial charge in [0.1, 0.15) is 19.3 Å². The lowest BCUT2D eigenvalue weighted by Crippen LogP contribution is -2.30. The van der Waals surface area contributed by atoms with Crippen LogP contribution in [0.3, 0.4) is 0 Å². The maximum absolute atomic E-state index is 13.0. The Hall–Kier alpha value is -1.94. The van der Waals surface area contributed by atoms with Crippen molar-refractivity contribution < 1.29 is 80.2 Å². The third-order valence-corrected chi connectivity index (χ3v) is 17.9. The fourth-order valence-corrected chi connectivity index (χ4v) is 12.0. The van der Waals surface area contributed by atoms with Crippen molar-refractivity contribution in [2.75, 3.05) is 39.6 Å². The van der Waals surface area contributed by atoms with Crippen LogP contribution in [0.1, 0.15) is 356 Å². The number of phosphoric ester groups is 2. The quantitative estimate of drug-likeness (QED) is 0.0222. The molecule has 17 nitrogen and oxygen atoms in total. The van der Waals surface area contributed by atoms with Gasteiger partial charge < -0.3 is 33.8 Å². The van der Waals surface area contributed by atoms with Crippen LogP contribution in [0.5, 0.6) is 0 Å². The van der Waals surface area contributed by atoms with Crippen LogP contribution < -0.4 is 0 Å².